The number of aromatic nitrogens is 4. The maximum atomic E-state index is 8.80. The van der Waals surface area contributed by atoms with Gasteiger partial charge >= 0.3 is 0 Å². The van der Waals surface area contributed by atoms with E-state index in [1.165, 1.54) is 0 Å². The fourth-order valence-electron chi connectivity index (χ4n) is 1.12. The standard InChI is InChI=1S/C8H11N5O2/c1-13-3-5(2-10-13)7-11-8(15-12-7)6(9)4-14/h2-3,6,14H,4,9H2,1H3/t6-/m0/s1. The topological polar surface area (TPSA) is 103 Å². The molecular formula is C8H11N5O2. The van der Waals surface area contributed by atoms with Crippen molar-refractivity contribution in [3.05, 3.63) is 18.3 Å². The van der Waals surface area contributed by atoms with Crippen molar-refractivity contribution in [2.75, 3.05) is 6.61 Å². The third-order valence-corrected chi connectivity index (χ3v) is 1.92. The maximum absolute atomic E-state index is 8.80. The fourth-order valence-corrected chi connectivity index (χ4v) is 1.12. The van der Waals surface area contributed by atoms with Gasteiger partial charge in [0.05, 0.1) is 18.4 Å². The first-order chi connectivity index (χ1) is 7.20. The lowest BCUT2D eigenvalue weighted by Crippen LogP contribution is -2.14. The van der Waals surface area contributed by atoms with Gasteiger partial charge in [0.2, 0.25) is 11.7 Å². The van der Waals surface area contributed by atoms with Crippen molar-refractivity contribution in [2.45, 2.75) is 6.04 Å². The largest absolute Gasteiger partial charge is 0.394 e. The van der Waals surface area contributed by atoms with Gasteiger partial charge < -0.3 is 15.4 Å². The van der Waals surface area contributed by atoms with Gasteiger partial charge in [-0.2, -0.15) is 10.1 Å². The van der Waals surface area contributed by atoms with Crippen LogP contribution in [0, 0.1) is 0 Å². The number of aliphatic hydroxyl groups is 1. The molecule has 7 nitrogen and oxygen atoms in total. The summed E-state index contributed by atoms with van der Waals surface area (Å²) in [6.07, 6.45) is 3.39. The Bertz CT molecular complexity index is 449. The second kappa shape index (κ2) is 3.79. The highest BCUT2D eigenvalue weighted by Crippen LogP contribution is 2.16. The Labute approximate surface area is 85.5 Å². The lowest BCUT2D eigenvalue weighted by molar-refractivity contribution is 0.237. The lowest BCUT2D eigenvalue weighted by Gasteiger charge is -1.98. The summed E-state index contributed by atoms with van der Waals surface area (Å²) in [7, 11) is 1.80. The monoisotopic (exact) mass is 209 g/mol. The molecule has 2 aromatic heterocycles. The van der Waals surface area contributed by atoms with Crippen LogP contribution in [-0.4, -0.2) is 31.6 Å². The molecule has 0 saturated heterocycles. The summed E-state index contributed by atoms with van der Waals surface area (Å²) in [5, 5.41) is 16.5. The van der Waals surface area contributed by atoms with Gasteiger partial charge in [0.15, 0.2) is 0 Å². The van der Waals surface area contributed by atoms with Crippen molar-refractivity contribution in [1.82, 2.24) is 19.9 Å². The number of aliphatic hydroxyl groups excluding tert-OH is 1. The van der Waals surface area contributed by atoms with Crippen molar-refractivity contribution in [3.8, 4) is 11.4 Å². The molecule has 0 aliphatic rings. The Morgan fingerprint density at radius 3 is 3.07 bits per heavy atom. The van der Waals surface area contributed by atoms with Gasteiger partial charge in [0.25, 0.3) is 0 Å². The molecule has 0 unspecified atom stereocenters. The third-order valence-electron chi connectivity index (χ3n) is 1.92. The van der Waals surface area contributed by atoms with E-state index in [2.05, 4.69) is 15.2 Å². The molecule has 2 rings (SSSR count). The minimum Gasteiger partial charge on any atom is -0.394 e. The van der Waals surface area contributed by atoms with Crippen molar-refractivity contribution in [1.29, 1.82) is 0 Å². The molecule has 80 valence electrons. The van der Waals surface area contributed by atoms with Crippen LogP contribution in [0.4, 0.5) is 0 Å². The normalized spacial score (nSPS) is 13.0. The van der Waals surface area contributed by atoms with E-state index >= 15 is 0 Å². The number of rotatable bonds is 3. The Balaban J connectivity index is 2.27. The van der Waals surface area contributed by atoms with E-state index in [0.29, 0.717) is 5.82 Å². The van der Waals surface area contributed by atoms with Crippen LogP contribution in [0.5, 0.6) is 0 Å². The molecule has 0 amide bonds. The number of nitrogens with zero attached hydrogens (tertiary/aromatic N) is 4. The summed E-state index contributed by atoms with van der Waals surface area (Å²) >= 11 is 0. The van der Waals surface area contributed by atoms with Crippen LogP contribution in [0.25, 0.3) is 11.4 Å². The molecule has 0 fully saturated rings. The second-order valence-electron chi connectivity index (χ2n) is 3.15. The summed E-state index contributed by atoms with van der Waals surface area (Å²) in [5.41, 5.74) is 6.27. The number of aryl methyl sites for hydroxylation is 1. The minimum atomic E-state index is -0.636. The highest BCUT2D eigenvalue weighted by atomic mass is 16.5. The first-order valence-corrected chi connectivity index (χ1v) is 4.39. The van der Waals surface area contributed by atoms with Gasteiger partial charge in [-0.1, -0.05) is 5.16 Å². The maximum Gasteiger partial charge on any atom is 0.246 e. The van der Waals surface area contributed by atoms with Crippen LogP contribution in [0.15, 0.2) is 16.9 Å². The zero-order chi connectivity index (χ0) is 10.8. The average molecular weight is 209 g/mol. The van der Waals surface area contributed by atoms with Gasteiger partial charge in [-0.25, -0.2) is 0 Å². The Hall–Kier alpha value is -1.73. The molecule has 2 heterocycles. The van der Waals surface area contributed by atoms with Crippen molar-refractivity contribution < 1.29 is 9.63 Å². The highest BCUT2D eigenvalue weighted by molar-refractivity contribution is 5.51. The lowest BCUT2D eigenvalue weighted by atomic mass is 10.3. The summed E-state index contributed by atoms with van der Waals surface area (Å²) in [4.78, 5) is 4.05. The fraction of sp³-hybridized carbons (Fsp3) is 0.375. The molecule has 0 aromatic carbocycles. The Morgan fingerprint density at radius 2 is 2.47 bits per heavy atom. The average Bonchev–Trinajstić information content (AvgIpc) is 2.84. The van der Waals surface area contributed by atoms with E-state index in [9.17, 15) is 0 Å². The molecule has 1 atom stereocenters. The zero-order valence-electron chi connectivity index (χ0n) is 8.16. The predicted molar refractivity (Wildman–Crippen MR) is 50.5 cm³/mol. The van der Waals surface area contributed by atoms with E-state index in [1.807, 2.05) is 0 Å². The van der Waals surface area contributed by atoms with Gasteiger partial charge in [0, 0.05) is 13.2 Å². The van der Waals surface area contributed by atoms with Gasteiger partial charge in [-0.3, -0.25) is 4.68 Å². The van der Waals surface area contributed by atoms with Crippen molar-refractivity contribution in [3.63, 3.8) is 0 Å². The SMILES string of the molecule is Cn1cc(-c2noc([C@@H](N)CO)n2)cn1. The van der Waals surface area contributed by atoms with E-state index in [0.717, 1.165) is 5.56 Å². The van der Waals surface area contributed by atoms with E-state index in [1.54, 1.807) is 24.1 Å². The summed E-state index contributed by atoms with van der Waals surface area (Å²) < 4.78 is 6.53. The first-order valence-electron chi connectivity index (χ1n) is 4.39. The minimum absolute atomic E-state index is 0.219. The molecule has 15 heavy (non-hydrogen) atoms. The molecule has 0 spiro atoms. The van der Waals surface area contributed by atoms with E-state index in [4.69, 9.17) is 15.4 Å². The molecule has 0 aliphatic carbocycles. The second-order valence-corrected chi connectivity index (χ2v) is 3.15. The molecule has 7 heteroatoms. The molecule has 3 N–H and O–H groups in total. The van der Waals surface area contributed by atoms with Crippen LogP contribution < -0.4 is 5.73 Å². The number of nitrogens with two attached hydrogens (primary N) is 1. The quantitative estimate of drug-likeness (QED) is 0.703. The van der Waals surface area contributed by atoms with Crippen LogP contribution >= 0.6 is 0 Å². The van der Waals surface area contributed by atoms with E-state index < -0.39 is 6.04 Å². The van der Waals surface area contributed by atoms with Gasteiger partial charge in [-0.05, 0) is 0 Å². The first kappa shape index (κ1) is 9.81. The highest BCUT2D eigenvalue weighted by Gasteiger charge is 2.15. The van der Waals surface area contributed by atoms with Crippen LogP contribution in [0.2, 0.25) is 0 Å². The number of hydrogen-bond donors (Lipinski definition) is 2. The molecule has 0 radical (unpaired) electrons. The summed E-state index contributed by atoms with van der Waals surface area (Å²) in [6.45, 7) is -0.228. The third kappa shape index (κ3) is 1.88. The van der Waals surface area contributed by atoms with Gasteiger partial charge in [0.1, 0.15) is 6.04 Å². The van der Waals surface area contributed by atoms with E-state index in [-0.39, 0.29) is 12.5 Å². The van der Waals surface area contributed by atoms with Crippen molar-refractivity contribution >= 4 is 0 Å². The molecular weight excluding hydrogens is 198 g/mol. The summed E-state index contributed by atoms with van der Waals surface area (Å²) in [6, 6.07) is -0.636. The summed E-state index contributed by atoms with van der Waals surface area (Å²) in [5.74, 6) is 0.637. The number of hydrogen-bond acceptors (Lipinski definition) is 6. The Kier molecular flexibility index (Phi) is 2.48. The molecule has 0 saturated carbocycles. The molecule has 0 bridgehead atoms. The van der Waals surface area contributed by atoms with Crippen LogP contribution in [0.1, 0.15) is 11.9 Å². The smallest absolute Gasteiger partial charge is 0.246 e. The predicted octanol–water partition coefficient (Wildman–Crippen LogP) is -0.538. The molecule has 0 aliphatic heterocycles. The van der Waals surface area contributed by atoms with Gasteiger partial charge in [-0.15, -0.1) is 0 Å². The zero-order valence-corrected chi connectivity index (χ0v) is 8.16. The van der Waals surface area contributed by atoms with Crippen LogP contribution in [-0.2, 0) is 7.05 Å². The Morgan fingerprint density at radius 1 is 1.67 bits per heavy atom. The van der Waals surface area contributed by atoms with Crippen LogP contribution in [0.3, 0.4) is 0 Å². The van der Waals surface area contributed by atoms with Crippen molar-refractivity contribution in [2.24, 2.45) is 12.8 Å². The molecule has 2 aromatic rings.